The lowest BCUT2D eigenvalue weighted by atomic mass is 10.2. The number of amides is 2. The first-order valence-electron chi connectivity index (χ1n) is 7.28. The third-order valence-corrected chi connectivity index (χ3v) is 5.03. The SMILES string of the molecule is CC(C1CC1)N(C)C(=O)CSCC(=O)N1CCOCC1. The lowest BCUT2D eigenvalue weighted by Gasteiger charge is -2.27. The van der Waals surface area contributed by atoms with E-state index in [1.54, 1.807) is 0 Å². The number of hydrogen-bond acceptors (Lipinski definition) is 4. The van der Waals surface area contributed by atoms with Crippen LogP contribution in [0, 0.1) is 5.92 Å². The van der Waals surface area contributed by atoms with Crippen LogP contribution in [0.25, 0.3) is 0 Å². The van der Waals surface area contributed by atoms with Gasteiger partial charge in [-0.25, -0.2) is 0 Å². The topological polar surface area (TPSA) is 49.9 Å². The predicted octanol–water partition coefficient (Wildman–Crippen LogP) is 0.835. The Bertz CT molecular complexity index is 354. The standard InChI is InChI=1S/C14H24N2O3S/c1-11(12-3-4-12)15(2)13(17)9-20-10-14(18)16-5-7-19-8-6-16/h11-12H,3-10H2,1-2H3. The minimum Gasteiger partial charge on any atom is -0.378 e. The van der Waals surface area contributed by atoms with Crippen molar-refractivity contribution in [1.82, 2.24) is 9.80 Å². The van der Waals surface area contributed by atoms with Crippen molar-refractivity contribution in [2.45, 2.75) is 25.8 Å². The second kappa shape index (κ2) is 7.31. The molecule has 2 aliphatic rings. The Morgan fingerprint density at radius 3 is 2.55 bits per heavy atom. The van der Waals surface area contributed by atoms with Gasteiger partial charge in [0.2, 0.25) is 11.8 Å². The van der Waals surface area contributed by atoms with Crippen molar-refractivity contribution >= 4 is 23.6 Å². The average molecular weight is 300 g/mol. The average Bonchev–Trinajstić information content (AvgIpc) is 3.31. The quantitative estimate of drug-likeness (QED) is 0.729. The van der Waals surface area contributed by atoms with Gasteiger partial charge in [-0.2, -0.15) is 0 Å². The van der Waals surface area contributed by atoms with Crippen LogP contribution in [-0.2, 0) is 14.3 Å². The molecule has 5 nitrogen and oxygen atoms in total. The van der Waals surface area contributed by atoms with Gasteiger partial charge in [-0.1, -0.05) is 0 Å². The zero-order valence-electron chi connectivity index (χ0n) is 12.3. The fraction of sp³-hybridized carbons (Fsp3) is 0.857. The van der Waals surface area contributed by atoms with Crippen LogP contribution in [0.15, 0.2) is 0 Å². The second-order valence-electron chi connectivity index (χ2n) is 5.57. The molecular weight excluding hydrogens is 276 g/mol. The lowest BCUT2D eigenvalue weighted by molar-refractivity contribution is -0.132. The number of carbonyl (C=O) groups excluding carboxylic acids is 2. The Morgan fingerprint density at radius 2 is 1.95 bits per heavy atom. The summed E-state index contributed by atoms with van der Waals surface area (Å²) in [5.74, 6) is 1.71. The molecule has 0 bridgehead atoms. The summed E-state index contributed by atoms with van der Waals surface area (Å²) in [6.45, 7) is 4.70. The van der Waals surface area contributed by atoms with E-state index in [1.807, 2.05) is 16.8 Å². The van der Waals surface area contributed by atoms with E-state index in [-0.39, 0.29) is 11.8 Å². The van der Waals surface area contributed by atoms with Gasteiger partial charge in [0.1, 0.15) is 0 Å². The normalized spacial score (nSPS) is 20.6. The van der Waals surface area contributed by atoms with Gasteiger partial charge in [-0.15, -0.1) is 11.8 Å². The summed E-state index contributed by atoms with van der Waals surface area (Å²) in [5.41, 5.74) is 0. The lowest BCUT2D eigenvalue weighted by Crippen LogP contribution is -2.42. The molecule has 1 saturated heterocycles. The minimum atomic E-state index is 0.115. The van der Waals surface area contributed by atoms with E-state index in [0.717, 1.165) is 0 Å². The molecule has 0 spiro atoms. The zero-order chi connectivity index (χ0) is 14.5. The molecule has 1 heterocycles. The van der Waals surface area contributed by atoms with Crippen LogP contribution in [0.1, 0.15) is 19.8 Å². The molecule has 6 heteroatoms. The van der Waals surface area contributed by atoms with Gasteiger partial charge in [0.05, 0.1) is 24.7 Å². The van der Waals surface area contributed by atoms with E-state index < -0.39 is 0 Å². The molecule has 2 rings (SSSR count). The van der Waals surface area contributed by atoms with Crippen molar-refractivity contribution in [3.8, 4) is 0 Å². The molecule has 0 N–H and O–H groups in total. The van der Waals surface area contributed by atoms with Crippen LogP contribution in [0.4, 0.5) is 0 Å². The van der Waals surface area contributed by atoms with Crippen LogP contribution in [0.2, 0.25) is 0 Å². The second-order valence-corrected chi connectivity index (χ2v) is 6.55. The summed E-state index contributed by atoms with van der Waals surface area (Å²) < 4.78 is 5.22. The maximum absolute atomic E-state index is 12.0. The van der Waals surface area contributed by atoms with E-state index in [9.17, 15) is 9.59 Å². The van der Waals surface area contributed by atoms with Gasteiger partial charge in [0.15, 0.2) is 0 Å². The fourth-order valence-electron chi connectivity index (χ4n) is 2.35. The summed E-state index contributed by atoms with van der Waals surface area (Å²) in [4.78, 5) is 27.6. The van der Waals surface area contributed by atoms with Gasteiger partial charge in [0, 0.05) is 26.2 Å². The summed E-state index contributed by atoms with van der Waals surface area (Å²) in [7, 11) is 1.87. The molecule has 20 heavy (non-hydrogen) atoms. The van der Waals surface area contributed by atoms with Gasteiger partial charge in [-0.3, -0.25) is 9.59 Å². The van der Waals surface area contributed by atoms with Crippen LogP contribution >= 0.6 is 11.8 Å². The number of rotatable bonds is 6. The summed E-state index contributed by atoms with van der Waals surface area (Å²) in [6, 6.07) is 0.332. The van der Waals surface area contributed by atoms with Gasteiger partial charge < -0.3 is 14.5 Å². The molecule has 114 valence electrons. The highest BCUT2D eigenvalue weighted by Gasteiger charge is 2.32. The predicted molar refractivity (Wildman–Crippen MR) is 79.7 cm³/mol. The van der Waals surface area contributed by atoms with E-state index in [0.29, 0.717) is 49.8 Å². The van der Waals surface area contributed by atoms with Gasteiger partial charge >= 0.3 is 0 Å². The van der Waals surface area contributed by atoms with Crippen LogP contribution in [0.3, 0.4) is 0 Å². The summed E-state index contributed by atoms with van der Waals surface area (Å²) in [5, 5.41) is 0. The number of ether oxygens (including phenoxy) is 1. The number of hydrogen-bond donors (Lipinski definition) is 0. The molecule has 0 aromatic heterocycles. The van der Waals surface area contributed by atoms with Crippen molar-refractivity contribution in [3.63, 3.8) is 0 Å². The highest BCUT2D eigenvalue weighted by molar-refractivity contribution is 8.00. The van der Waals surface area contributed by atoms with Crippen LogP contribution in [0.5, 0.6) is 0 Å². The van der Waals surface area contributed by atoms with Gasteiger partial charge in [-0.05, 0) is 25.7 Å². The monoisotopic (exact) mass is 300 g/mol. The first-order chi connectivity index (χ1) is 9.59. The molecule has 2 fully saturated rings. The maximum atomic E-state index is 12.0. The molecule has 0 radical (unpaired) electrons. The molecule has 1 aliphatic heterocycles. The van der Waals surface area contributed by atoms with Gasteiger partial charge in [0.25, 0.3) is 0 Å². The molecular formula is C14H24N2O3S. The Labute approximate surface area is 125 Å². The zero-order valence-corrected chi connectivity index (χ0v) is 13.2. The third kappa shape index (κ3) is 4.38. The Balaban J connectivity index is 1.64. The minimum absolute atomic E-state index is 0.115. The highest BCUT2D eigenvalue weighted by atomic mass is 32.2. The van der Waals surface area contributed by atoms with Crippen molar-refractivity contribution < 1.29 is 14.3 Å². The first kappa shape index (κ1) is 15.6. The van der Waals surface area contributed by atoms with Crippen molar-refractivity contribution in [2.24, 2.45) is 5.92 Å². The van der Waals surface area contributed by atoms with E-state index in [4.69, 9.17) is 4.74 Å². The molecule has 1 unspecified atom stereocenters. The van der Waals surface area contributed by atoms with Crippen LogP contribution in [-0.4, -0.2) is 72.5 Å². The van der Waals surface area contributed by atoms with Crippen LogP contribution < -0.4 is 0 Å². The van der Waals surface area contributed by atoms with E-state index in [2.05, 4.69) is 6.92 Å². The van der Waals surface area contributed by atoms with Crippen molar-refractivity contribution in [3.05, 3.63) is 0 Å². The van der Waals surface area contributed by atoms with Crippen molar-refractivity contribution in [1.29, 1.82) is 0 Å². The molecule has 0 aromatic carbocycles. The Hall–Kier alpha value is -0.750. The van der Waals surface area contributed by atoms with Crippen molar-refractivity contribution in [2.75, 3.05) is 44.9 Å². The largest absolute Gasteiger partial charge is 0.378 e. The smallest absolute Gasteiger partial charge is 0.232 e. The molecule has 1 atom stereocenters. The summed E-state index contributed by atoms with van der Waals surface area (Å²) >= 11 is 1.42. The number of nitrogens with zero attached hydrogens (tertiary/aromatic N) is 2. The Kier molecular flexibility index (Phi) is 5.72. The van der Waals surface area contributed by atoms with E-state index >= 15 is 0 Å². The maximum Gasteiger partial charge on any atom is 0.232 e. The Morgan fingerprint density at radius 1 is 1.30 bits per heavy atom. The highest BCUT2D eigenvalue weighted by Crippen LogP contribution is 2.34. The summed E-state index contributed by atoms with van der Waals surface area (Å²) in [6.07, 6.45) is 2.48. The van der Waals surface area contributed by atoms with E-state index in [1.165, 1.54) is 24.6 Å². The third-order valence-electron chi connectivity index (χ3n) is 4.12. The number of morpholine rings is 1. The fourth-order valence-corrected chi connectivity index (χ4v) is 3.19. The number of carbonyl (C=O) groups is 2. The molecule has 1 saturated carbocycles. The number of thioether (sulfide) groups is 1. The first-order valence-corrected chi connectivity index (χ1v) is 8.44. The molecule has 2 amide bonds. The molecule has 0 aromatic rings. The molecule has 1 aliphatic carbocycles.